The van der Waals surface area contributed by atoms with E-state index in [4.69, 9.17) is 0 Å². The summed E-state index contributed by atoms with van der Waals surface area (Å²) in [5.41, 5.74) is -0.0575. The van der Waals surface area contributed by atoms with E-state index in [1.165, 1.54) is 6.08 Å². The van der Waals surface area contributed by atoms with Gasteiger partial charge in [0.15, 0.2) is 0 Å². The van der Waals surface area contributed by atoms with Crippen molar-refractivity contribution in [2.24, 2.45) is 17.8 Å². The van der Waals surface area contributed by atoms with E-state index in [-0.39, 0.29) is 11.9 Å². The molecule has 1 N–H and O–H groups in total. The Bertz CT molecular complexity index is 890. The lowest BCUT2D eigenvalue weighted by molar-refractivity contribution is -0.141. The summed E-state index contributed by atoms with van der Waals surface area (Å²) in [5, 5.41) is 2.87. The molecule has 0 unspecified atom stereocenters. The fourth-order valence-electron chi connectivity index (χ4n) is 3.97. The van der Waals surface area contributed by atoms with Crippen molar-refractivity contribution < 1.29 is 18.0 Å². The number of piperidine rings is 1. The quantitative estimate of drug-likeness (QED) is 0.751. The van der Waals surface area contributed by atoms with Crippen LogP contribution < -0.4 is 10.2 Å². The average molecular weight is 403 g/mol. The highest BCUT2D eigenvalue weighted by molar-refractivity contribution is 5.91. The number of hydrogen-bond acceptors (Lipinski definition) is 5. The molecule has 1 saturated carbocycles. The molecule has 1 saturated heterocycles. The molecule has 0 aromatic carbocycles. The van der Waals surface area contributed by atoms with Crippen LogP contribution in [0.5, 0.6) is 0 Å². The maximum absolute atomic E-state index is 12.8. The van der Waals surface area contributed by atoms with Gasteiger partial charge in [0.2, 0.25) is 11.9 Å². The second-order valence-corrected chi connectivity index (χ2v) is 7.34. The molecule has 152 valence electrons. The number of amides is 1. The third-order valence-electron chi connectivity index (χ3n) is 5.48. The Kier molecular flexibility index (Phi) is 5.21. The molecule has 2 aromatic rings. The van der Waals surface area contributed by atoms with Gasteiger partial charge in [0.25, 0.3) is 0 Å². The van der Waals surface area contributed by atoms with Crippen molar-refractivity contribution in [1.82, 2.24) is 20.3 Å². The van der Waals surface area contributed by atoms with Gasteiger partial charge in [-0.1, -0.05) is 6.07 Å². The van der Waals surface area contributed by atoms with E-state index in [0.29, 0.717) is 37.4 Å². The molecule has 1 aliphatic carbocycles. The second kappa shape index (κ2) is 7.81. The SMILES string of the molecule is O=C(/C=C/c1cccnc1)NCC[C@@H]1[C@H]2CN(c3nccc(C(F)(F)F)n3)C[C@@H]12. The standard InChI is InChI=1S/C20H20F3N5O/c21-20(22,23)17-6-9-26-19(27-17)28-11-15-14(16(15)12-28)5-8-25-18(29)4-3-13-2-1-7-24-10-13/h1-4,6-7,9-10,14-16H,5,8,11-12H2,(H,25,29)/b4-3+/t14-,15-,16+. The highest BCUT2D eigenvalue weighted by Gasteiger charge is 2.55. The van der Waals surface area contributed by atoms with Gasteiger partial charge in [-0.3, -0.25) is 9.78 Å². The number of pyridine rings is 1. The van der Waals surface area contributed by atoms with Crippen LogP contribution in [0, 0.1) is 17.8 Å². The minimum absolute atomic E-state index is 0.139. The van der Waals surface area contributed by atoms with Gasteiger partial charge in [0, 0.05) is 44.3 Å². The van der Waals surface area contributed by atoms with Crippen LogP contribution in [-0.2, 0) is 11.0 Å². The highest BCUT2D eigenvalue weighted by Crippen LogP contribution is 2.53. The number of carbonyl (C=O) groups is 1. The van der Waals surface area contributed by atoms with E-state index in [1.807, 2.05) is 11.0 Å². The van der Waals surface area contributed by atoms with Gasteiger partial charge in [-0.25, -0.2) is 9.97 Å². The first-order valence-corrected chi connectivity index (χ1v) is 9.43. The fraction of sp³-hybridized carbons (Fsp3) is 0.400. The maximum Gasteiger partial charge on any atom is 0.433 e. The number of fused-ring (bicyclic) bond motifs is 1. The summed E-state index contributed by atoms with van der Waals surface area (Å²) in [6.07, 6.45) is 4.09. The number of nitrogens with one attached hydrogen (secondary N) is 1. The zero-order valence-electron chi connectivity index (χ0n) is 15.5. The van der Waals surface area contributed by atoms with Crippen LogP contribution >= 0.6 is 0 Å². The van der Waals surface area contributed by atoms with Gasteiger partial charge in [-0.2, -0.15) is 13.2 Å². The minimum atomic E-state index is -4.47. The Balaban J connectivity index is 1.20. The van der Waals surface area contributed by atoms with E-state index in [1.54, 1.807) is 24.5 Å². The number of hydrogen-bond donors (Lipinski definition) is 1. The number of anilines is 1. The molecule has 0 radical (unpaired) electrons. The van der Waals surface area contributed by atoms with Crippen LogP contribution in [0.2, 0.25) is 0 Å². The van der Waals surface area contributed by atoms with Gasteiger partial charge in [0.05, 0.1) is 0 Å². The third kappa shape index (κ3) is 4.55. The number of carbonyl (C=O) groups excluding carboxylic acids is 1. The Morgan fingerprint density at radius 3 is 2.72 bits per heavy atom. The first kappa shape index (κ1) is 19.4. The molecular weight excluding hydrogens is 383 g/mol. The Morgan fingerprint density at radius 1 is 1.24 bits per heavy atom. The second-order valence-electron chi connectivity index (χ2n) is 7.34. The van der Waals surface area contributed by atoms with Gasteiger partial charge < -0.3 is 10.2 Å². The van der Waals surface area contributed by atoms with Crippen LogP contribution in [-0.4, -0.2) is 40.5 Å². The van der Waals surface area contributed by atoms with Crippen molar-refractivity contribution in [1.29, 1.82) is 0 Å². The predicted molar refractivity (Wildman–Crippen MR) is 101 cm³/mol. The van der Waals surface area contributed by atoms with E-state index in [2.05, 4.69) is 20.3 Å². The highest BCUT2D eigenvalue weighted by atomic mass is 19.4. The monoisotopic (exact) mass is 403 g/mol. The van der Waals surface area contributed by atoms with E-state index >= 15 is 0 Å². The summed E-state index contributed by atoms with van der Waals surface area (Å²) in [4.78, 5) is 25.3. The summed E-state index contributed by atoms with van der Waals surface area (Å²) in [6, 6.07) is 4.55. The topological polar surface area (TPSA) is 71.0 Å². The molecule has 1 aliphatic heterocycles. The van der Waals surface area contributed by atoms with Crippen molar-refractivity contribution in [2.75, 3.05) is 24.5 Å². The molecule has 1 amide bonds. The lowest BCUT2D eigenvalue weighted by Gasteiger charge is -2.20. The van der Waals surface area contributed by atoms with E-state index in [0.717, 1.165) is 24.2 Å². The molecule has 4 rings (SSSR count). The van der Waals surface area contributed by atoms with Gasteiger partial charge >= 0.3 is 6.18 Å². The Labute approximate surface area is 165 Å². The first-order chi connectivity index (χ1) is 13.9. The van der Waals surface area contributed by atoms with Crippen molar-refractivity contribution in [3.63, 3.8) is 0 Å². The minimum Gasteiger partial charge on any atom is -0.353 e. The molecule has 2 fully saturated rings. The van der Waals surface area contributed by atoms with Crippen LogP contribution in [0.3, 0.4) is 0 Å². The molecule has 9 heteroatoms. The summed E-state index contributed by atoms with van der Waals surface area (Å²) in [7, 11) is 0. The summed E-state index contributed by atoms with van der Waals surface area (Å²) >= 11 is 0. The molecular formula is C20H20F3N5O. The molecule has 6 nitrogen and oxygen atoms in total. The summed E-state index contributed by atoms with van der Waals surface area (Å²) in [6.45, 7) is 1.89. The smallest absolute Gasteiger partial charge is 0.353 e. The number of alkyl halides is 3. The number of nitrogens with zero attached hydrogens (tertiary/aromatic N) is 4. The molecule has 29 heavy (non-hydrogen) atoms. The normalized spacial score (nSPS) is 23.3. The Morgan fingerprint density at radius 2 is 2.03 bits per heavy atom. The van der Waals surface area contributed by atoms with E-state index in [9.17, 15) is 18.0 Å². The van der Waals surface area contributed by atoms with Crippen LogP contribution in [0.4, 0.5) is 19.1 Å². The van der Waals surface area contributed by atoms with Gasteiger partial charge in [0.1, 0.15) is 5.69 Å². The largest absolute Gasteiger partial charge is 0.433 e. The number of aromatic nitrogens is 3. The third-order valence-corrected chi connectivity index (χ3v) is 5.48. The number of halogens is 3. The van der Waals surface area contributed by atoms with Crippen molar-refractivity contribution >= 4 is 17.9 Å². The van der Waals surface area contributed by atoms with E-state index < -0.39 is 11.9 Å². The van der Waals surface area contributed by atoms with Gasteiger partial charge in [-0.05, 0) is 47.9 Å². The Hall–Kier alpha value is -2.97. The van der Waals surface area contributed by atoms with Crippen LogP contribution in [0.25, 0.3) is 6.08 Å². The van der Waals surface area contributed by atoms with Crippen LogP contribution in [0.15, 0.2) is 42.9 Å². The molecule has 2 aliphatic rings. The molecule has 2 aromatic heterocycles. The summed E-state index contributed by atoms with van der Waals surface area (Å²) in [5.74, 6) is 1.32. The number of rotatable bonds is 6. The van der Waals surface area contributed by atoms with Crippen LogP contribution in [0.1, 0.15) is 17.7 Å². The lowest BCUT2D eigenvalue weighted by atomic mass is 10.2. The van der Waals surface area contributed by atoms with Crippen molar-refractivity contribution in [3.8, 4) is 0 Å². The zero-order chi connectivity index (χ0) is 20.4. The predicted octanol–water partition coefficient (Wildman–Crippen LogP) is 2.79. The average Bonchev–Trinajstić information content (AvgIpc) is 3.15. The molecule has 3 atom stereocenters. The van der Waals surface area contributed by atoms with Crippen molar-refractivity contribution in [3.05, 3.63) is 54.1 Å². The zero-order valence-corrected chi connectivity index (χ0v) is 15.5. The molecule has 0 spiro atoms. The fourth-order valence-corrected chi connectivity index (χ4v) is 3.97. The lowest BCUT2D eigenvalue weighted by Crippen LogP contribution is -2.28. The van der Waals surface area contributed by atoms with Crippen molar-refractivity contribution in [2.45, 2.75) is 12.6 Å². The van der Waals surface area contributed by atoms with Gasteiger partial charge in [-0.15, -0.1) is 0 Å². The maximum atomic E-state index is 12.8. The summed E-state index contributed by atoms with van der Waals surface area (Å²) < 4.78 is 38.4. The first-order valence-electron chi connectivity index (χ1n) is 9.43. The molecule has 0 bridgehead atoms. The molecule has 3 heterocycles.